The fourth-order valence-electron chi connectivity index (χ4n) is 4.79. The summed E-state index contributed by atoms with van der Waals surface area (Å²) in [6, 6.07) is 6.25. The molecule has 1 aromatic rings. The van der Waals surface area contributed by atoms with E-state index >= 15 is 0 Å². The molecule has 0 saturated carbocycles. The Morgan fingerprint density at radius 3 is 2.11 bits per heavy atom. The Bertz CT molecular complexity index is 828. The first-order valence-electron chi connectivity index (χ1n) is 15.0. The minimum atomic E-state index is -0.880. The van der Waals surface area contributed by atoms with Crippen LogP contribution in [0.2, 0.25) is 0 Å². The molecule has 1 aliphatic heterocycles. The van der Waals surface area contributed by atoms with E-state index in [4.69, 9.17) is 9.47 Å². The van der Waals surface area contributed by atoms with Crippen LogP contribution in [0.25, 0.3) is 0 Å². The van der Waals surface area contributed by atoms with Gasteiger partial charge in [0, 0.05) is 13.1 Å². The lowest BCUT2D eigenvalue weighted by Crippen LogP contribution is -2.57. The normalized spacial score (nSPS) is 15.3. The van der Waals surface area contributed by atoms with Gasteiger partial charge in [0.15, 0.2) is 0 Å². The maximum atomic E-state index is 13.5. The van der Waals surface area contributed by atoms with Crippen LogP contribution in [-0.2, 0) is 14.3 Å². The van der Waals surface area contributed by atoms with Crippen molar-refractivity contribution < 1.29 is 23.9 Å². The van der Waals surface area contributed by atoms with Crippen LogP contribution in [0.5, 0.6) is 5.75 Å². The summed E-state index contributed by atoms with van der Waals surface area (Å²) in [5, 5.41) is 2.78. The molecule has 0 aromatic heterocycles. The maximum Gasteiger partial charge on any atom is 0.308 e. The molecule has 1 unspecified atom stereocenters. The molecule has 1 aromatic carbocycles. The highest BCUT2D eigenvalue weighted by molar-refractivity contribution is 6.01. The minimum absolute atomic E-state index is 0.143. The average Bonchev–Trinajstić information content (AvgIpc) is 2.92. The van der Waals surface area contributed by atoms with Crippen molar-refractivity contribution in [2.75, 3.05) is 26.3 Å². The van der Waals surface area contributed by atoms with E-state index < -0.39 is 12.0 Å². The third kappa shape index (κ3) is 11.9. The molecule has 0 spiro atoms. The minimum Gasteiger partial charge on any atom is -0.493 e. The van der Waals surface area contributed by atoms with Crippen LogP contribution in [0.3, 0.4) is 0 Å². The van der Waals surface area contributed by atoms with Gasteiger partial charge in [0.25, 0.3) is 5.91 Å². The molecule has 1 fully saturated rings. The van der Waals surface area contributed by atoms with E-state index in [0.717, 1.165) is 44.9 Å². The van der Waals surface area contributed by atoms with E-state index in [9.17, 15) is 14.4 Å². The first-order valence-corrected chi connectivity index (χ1v) is 15.0. The molecular formula is C31H50N2O5. The molecule has 0 bridgehead atoms. The lowest BCUT2D eigenvalue weighted by atomic mass is 10.1. The Kier molecular flexibility index (Phi) is 16.2. The number of piperazine rings is 1. The van der Waals surface area contributed by atoms with Gasteiger partial charge in [-0.05, 0) is 25.0 Å². The third-order valence-electron chi connectivity index (χ3n) is 7.09. The SMILES string of the molecule is CCCCCCCCCCCCOC(=O)CC1C(=O)NCCN1C(=O)c1ccccc1OCCCCCC. The van der Waals surface area contributed by atoms with Crippen LogP contribution in [0.4, 0.5) is 0 Å². The molecule has 2 rings (SSSR count). The van der Waals surface area contributed by atoms with E-state index in [-0.39, 0.29) is 18.2 Å². The Balaban J connectivity index is 1.78. The molecule has 0 aliphatic carbocycles. The molecule has 1 saturated heterocycles. The van der Waals surface area contributed by atoms with Gasteiger partial charge in [-0.25, -0.2) is 0 Å². The number of hydrogen-bond donors (Lipinski definition) is 1. The number of nitrogens with zero attached hydrogens (tertiary/aromatic N) is 1. The first kappa shape index (κ1) is 31.6. The number of benzene rings is 1. The largest absolute Gasteiger partial charge is 0.493 e. The Hall–Kier alpha value is -2.57. The fourth-order valence-corrected chi connectivity index (χ4v) is 4.79. The summed E-state index contributed by atoms with van der Waals surface area (Å²) in [5.41, 5.74) is 0.418. The zero-order chi connectivity index (χ0) is 27.4. The van der Waals surface area contributed by atoms with E-state index in [1.54, 1.807) is 18.2 Å². The molecule has 2 amide bonds. The number of rotatable bonds is 20. The molecule has 0 radical (unpaired) electrons. The molecule has 1 atom stereocenters. The van der Waals surface area contributed by atoms with Gasteiger partial charge in [-0.15, -0.1) is 0 Å². The number of amides is 2. The molecule has 1 heterocycles. The van der Waals surface area contributed by atoms with Crippen molar-refractivity contribution in [2.24, 2.45) is 0 Å². The van der Waals surface area contributed by atoms with E-state index in [1.165, 1.54) is 49.8 Å². The summed E-state index contributed by atoms with van der Waals surface area (Å²) in [5.74, 6) is -0.543. The lowest BCUT2D eigenvalue weighted by molar-refractivity contribution is -0.147. The smallest absolute Gasteiger partial charge is 0.308 e. The summed E-state index contributed by atoms with van der Waals surface area (Å²) in [6.07, 6.45) is 16.3. The average molecular weight is 531 g/mol. The molecule has 7 heteroatoms. The molecule has 1 aliphatic rings. The van der Waals surface area contributed by atoms with Gasteiger partial charge in [-0.2, -0.15) is 0 Å². The number of nitrogens with one attached hydrogen (secondary N) is 1. The van der Waals surface area contributed by atoms with Crippen LogP contribution < -0.4 is 10.1 Å². The summed E-state index contributed by atoms with van der Waals surface area (Å²) in [6.45, 7) is 5.99. The van der Waals surface area contributed by atoms with Crippen molar-refractivity contribution in [3.05, 3.63) is 29.8 Å². The summed E-state index contributed by atoms with van der Waals surface area (Å²) >= 11 is 0. The number of carbonyl (C=O) groups excluding carboxylic acids is 3. The van der Waals surface area contributed by atoms with Crippen LogP contribution in [-0.4, -0.2) is 55.0 Å². The molecule has 7 nitrogen and oxygen atoms in total. The molecule has 1 N–H and O–H groups in total. The standard InChI is InChI=1S/C31H50N2O5/c1-3-5-7-9-10-11-12-13-14-18-24-38-29(34)25-27-30(35)32-21-22-33(27)31(36)26-19-15-16-20-28(26)37-23-17-8-6-4-2/h15-16,19-20,27H,3-14,17-18,21-25H2,1-2H3,(H,32,35). The first-order chi connectivity index (χ1) is 18.6. The maximum absolute atomic E-state index is 13.5. The van der Waals surface area contributed by atoms with E-state index in [1.807, 2.05) is 6.07 Å². The Labute approximate surface area is 230 Å². The van der Waals surface area contributed by atoms with Crippen LogP contribution >= 0.6 is 0 Å². The number of hydrogen-bond acceptors (Lipinski definition) is 5. The van der Waals surface area contributed by atoms with Gasteiger partial charge in [0.05, 0.1) is 25.2 Å². The van der Waals surface area contributed by atoms with Crippen molar-refractivity contribution in [3.63, 3.8) is 0 Å². The topological polar surface area (TPSA) is 84.9 Å². The van der Waals surface area contributed by atoms with Crippen LogP contribution in [0, 0.1) is 0 Å². The zero-order valence-electron chi connectivity index (χ0n) is 23.8. The number of unbranched alkanes of at least 4 members (excludes halogenated alkanes) is 12. The molecule has 38 heavy (non-hydrogen) atoms. The highest BCUT2D eigenvalue weighted by Crippen LogP contribution is 2.23. The highest BCUT2D eigenvalue weighted by Gasteiger charge is 2.36. The predicted octanol–water partition coefficient (Wildman–Crippen LogP) is 6.44. The van der Waals surface area contributed by atoms with Crippen molar-refractivity contribution in [1.29, 1.82) is 0 Å². The van der Waals surface area contributed by atoms with Crippen molar-refractivity contribution >= 4 is 17.8 Å². The Morgan fingerprint density at radius 1 is 0.842 bits per heavy atom. The number of ether oxygens (including phenoxy) is 2. The highest BCUT2D eigenvalue weighted by atomic mass is 16.5. The van der Waals surface area contributed by atoms with Gasteiger partial charge in [-0.1, -0.05) is 103 Å². The second-order valence-corrected chi connectivity index (χ2v) is 10.3. The fraction of sp³-hybridized carbons (Fsp3) is 0.710. The number of esters is 1. The van der Waals surface area contributed by atoms with Crippen molar-refractivity contribution in [1.82, 2.24) is 10.2 Å². The number of para-hydroxylation sites is 1. The molecule has 214 valence electrons. The summed E-state index contributed by atoms with van der Waals surface area (Å²) in [4.78, 5) is 40.2. The van der Waals surface area contributed by atoms with Crippen molar-refractivity contribution in [2.45, 2.75) is 116 Å². The van der Waals surface area contributed by atoms with Gasteiger partial charge in [0.2, 0.25) is 5.91 Å². The predicted molar refractivity (Wildman–Crippen MR) is 151 cm³/mol. The zero-order valence-corrected chi connectivity index (χ0v) is 23.8. The monoisotopic (exact) mass is 530 g/mol. The van der Waals surface area contributed by atoms with Crippen molar-refractivity contribution in [3.8, 4) is 5.75 Å². The van der Waals surface area contributed by atoms with E-state index in [2.05, 4.69) is 19.2 Å². The van der Waals surface area contributed by atoms with Gasteiger partial charge in [0.1, 0.15) is 11.8 Å². The van der Waals surface area contributed by atoms with Gasteiger partial charge in [-0.3, -0.25) is 14.4 Å². The Morgan fingerprint density at radius 2 is 1.42 bits per heavy atom. The second-order valence-electron chi connectivity index (χ2n) is 10.3. The second kappa shape index (κ2) is 19.5. The van der Waals surface area contributed by atoms with Crippen LogP contribution in [0.15, 0.2) is 24.3 Å². The number of carbonyl (C=O) groups is 3. The summed E-state index contributed by atoms with van der Waals surface area (Å²) in [7, 11) is 0. The van der Waals surface area contributed by atoms with E-state index in [0.29, 0.717) is 37.6 Å². The van der Waals surface area contributed by atoms with Gasteiger partial charge >= 0.3 is 5.97 Å². The third-order valence-corrected chi connectivity index (χ3v) is 7.09. The van der Waals surface area contributed by atoms with Gasteiger partial charge < -0.3 is 19.7 Å². The summed E-state index contributed by atoms with van der Waals surface area (Å²) < 4.78 is 11.3. The van der Waals surface area contributed by atoms with Crippen LogP contribution in [0.1, 0.15) is 121 Å². The quantitative estimate of drug-likeness (QED) is 0.155. The molecular weight excluding hydrogens is 480 g/mol. The lowest BCUT2D eigenvalue weighted by Gasteiger charge is -2.34.